The van der Waals surface area contributed by atoms with Crippen LogP contribution in [0.15, 0.2) is 30.5 Å². The Balaban J connectivity index is 2.11. The molecule has 0 atom stereocenters. The van der Waals surface area contributed by atoms with E-state index in [9.17, 15) is 4.79 Å². The van der Waals surface area contributed by atoms with Gasteiger partial charge in [0.05, 0.1) is 30.7 Å². The Morgan fingerprint density at radius 1 is 1.37 bits per heavy atom. The van der Waals surface area contributed by atoms with Crippen molar-refractivity contribution in [2.75, 3.05) is 6.61 Å². The molecule has 0 unspecified atom stereocenters. The van der Waals surface area contributed by atoms with Gasteiger partial charge in [0.2, 0.25) is 0 Å². The molecule has 0 fully saturated rings. The van der Waals surface area contributed by atoms with Gasteiger partial charge in [-0.15, -0.1) is 5.10 Å². The van der Waals surface area contributed by atoms with Crippen molar-refractivity contribution in [2.45, 2.75) is 20.0 Å². The van der Waals surface area contributed by atoms with Crippen LogP contribution in [0.5, 0.6) is 0 Å². The van der Waals surface area contributed by atoms with Gasteiger partial charge in [-0.2, -0.15) is 0 Å². The topological polar surface area (TPSA) is 77.2 Å². The Morgan fingerprint density at radius 2 is 2.11 bits per heavy atom. The molecule has 1 aromatic heterocycles. The number of ether oxygens (including phenoxy) is 1. The molecule has 0 spiro atoms. The molecule has 6 nitrogen and oxygen atoms in total. The maximum absolute atomic E-state index is 11.6. The molecule has 2 aromatic rings. The highest BCUT2D eigenvalue weighted by atomic mass is 16.5. The molecule has 6 heteroatoms. The average molecular weight is 261 g/mol. The summed E-state index contributed by atoms with van der Waals surface area (Å²) in [6.07, 6.45) is 2.43. The Hall–Kier alpha value is -2.21. The summed E-state index contributed by atoms with van der Waals surface area (Å²) in [6, 6.07) is 6.85. The summed E-state index contributed by atoms with van der Waals surface area (Å²) in [5.74, 6) is -0.331. The summed E-state index contributed by atoms with van der Waals surface area (Å²) >= 11 is 0. The zero-order valence-electron chi connectivity index (χ0n) is 10.6. The van der Waals surface area contributed by atoms with Crippen molar-refractivity contribution in [3.63, 3.8) is 0 Å². The third kappa shape index (κ3) is 3.17. The number of esters is 1. The van der Waals surface area contributed by atoms with Crippen LogP contribution in [0.25, 0.3) is 5.69 Å². The quantitative estimate of drug-likeness (QED) is 0.821. The van der Waals surface area contributed by atoms with Gasteiger partial charge in [0.1, 0.15) is 5.69 Å². The van der Waals surface area contributed by atoms with Crippen LogP contribution >= 0.6 is 0 Å². The number of carbonyl (C=O) groups is 1. The zero-order chi connectivity index (χ0) is 13.7. The van der Waals surface area contributed by atoms with Gasteiger partial charge in [-0.05, 0) is 30.7 Å². The van der Waals surface area contributed by atoms with Gasteiger partial charge >= 0.3 is 5.97 Å². The second kappa shape index (κ2) is 6.10. The molecule has 1 heterocycles. The van der Waals surface area contributed by atoms with Gasteiger partial charge in [-0.3, -0.25) is 0 Å². The van der Waals surface area contributed by atoms with E-state index in [2.05, 4.69) is 10.3 Å². The van der Waals surface area contributed by atoms with E-state index >= 15 is 0 Å². The molecule has 1 aromatic carbocycles. The van der Waals surface area contributed by atoms with Crippen LogP contribution in [-0.4, -0.2) is 32.7 Å². The van der Waals surface area contributed by atoms with Crippen LogP contribution in [0.2, 0.25) is 0 Å². The highest BCUT2D eigenvalue weighted by Gasteiger charge is 2.07. The number of rotatable bonds is 5. The lowest BCUT2D eigenvalue weighted by molar-refractivity contribution is 0.0505. The Kier molecular flexibility index (Phi) is 4.25. The van der Waals surface area contributed by atoms with E-state index in [1.54, 1.807) is 30.5 Å². The van der Waals surface area contributed by atoms with Crippen molar-refractivity contribution in [1.29, 1.82) is 0 Å². The predicted octanol–water partition coefficient (Wildman–Crippen LogP) is 1.33. The summed E-state index contributed by atoms with van der Waals surface area (Å²) in [5.41, 5.74) is 1.75. The second-order valence-corrected chi connectivity index (χ2v) is 4.00. The number of aliphatic hydroxyl groups is 1. The van der Waals surface area contributed by atoms with Gasteiger partial charge < -0.3 is 9.84 Å². The molecule has 0 saturated heterocycles. The molecule has 2 rings (SSSR count). The highest BCUT2D eigenvalue weighted by molar-refractivity contribution is 5.89. The third-order valence-electron chi connectivity index (χ3n) is 2.51. The van der Waals surface area contributed by atoms with Gasteiger partial charge in [-0.1, -0.05) is 12.1 Å². The lowest BCUT2D eigenvalue weighted by Crippen LogP contribution is -2.06. The van der Waals surface area contributed by atoms with E-state index in [-0.39, 0.29) is 12.6 Å². The van der Waals surface area contributed by atoms with Crippen LogP contribution < -0.4 is 0 Å². The van der Waals surface area contributed by atoms with Crippen LogP contribution in [0.4, 0.5) is 0 Å². The Morgan fingerprint density at radius 3 is 2.68 bits per heavy atom. The van der Waals surface area contributed by atoms with Crippen molar-refractivity contribution in [2.24, 2.45) is 0 Å². The molecule has 0 aliphatic rings. The lowest BCUT2D eigenvalue weighted by atomic mass is 10.2. The number of aromatic nitrogens is 3. The smallest absolute Gasteiger partial charge is 0.338 e. The van der Waals surface area contributed by atoms with Crippen LogP contribution in [-0.2, 0) is 11.3 Å². The van der Waals surface area contributed by atoms with Crippen molar-refractivity contribution in [3.05, 3.63) is 41.7 Å². The molecule has 100 valence electrons. The number of hydrogen-bond donors (Lipinski definition) is 1. The van der Waals surface area contributed by atoms with E-state index < -0.39 is 0 Å². The van der Waals surface area contributed by atoms with Crippen molar-refractivity contribution in [1.82, 2.24) is 15.0 Å². The molecule has 0 bridgehead atoms. The summed E-state index contributed by atoms with van der Waals surface area (Å²) in [7, 11) is 0. The third-order valence-corrected chi connectivity index (χ3v) is 2.51. The molecular weight excluding hydrogens is 246 g/mol. The molecule has 0 radical (unpaired) electrons. The monoisotopic (exact) mass is 261 g/mol. The fourth-order valence-corrected chi connectivity index (χ4v) is 1.53. The first-order valence-corrected chi connectivity index (χ1v) is 6.04. The molecule has 0 amide bonds. The van der Waals surface area contributed by atoms with Gasteiger partial charge in [0.25, 0.3) is 0 Å². The van der Waals surface area contributed by atoms with Gasteiger partial charge in [0, 0.05) is 0 Å². The second-order valence-electron chi connectivity index (χ2n) is 4.00. The van der Waals surface area contributed by atoms with Crippen molar-refractivity contribution in [3.8, 4) is 5.69 Å². The summed E-state index contributed by atoms with van der Waals surface area (Å²) in [4.78, 5) is 11.6. The maximum atomic E-state index is 11.6. The fourth-order valence-electron chi connectivity index (χ4n) is 1.53. The number of hydrogen-bond acceptors (Lipinski definition) is 5. The minimum absolute atomic E-state index is 0.151. The summed E-state index contributed by atoms with van der Waals surface area (Å²) < 4.78 is 6.57. The molecule has 0 aliphatic heterocycles. The molecule has 19 heavy (non-hydrogen) atoms. The van der Waals surface area contributed by atoms with E-state index in [1.165, 1.54) is 4.68 Å². The lowest BCUT2D eigenvalue weighted by Gasteiger charge is -2.04. The largest absolute Gasteiger partial charge is 0.462 e. The number of nitrogens with zero attached hydrogens (tertiary/aromatic N) is 3. The molecule has 1 N–H and O–H groups in total. The Labute approximate surface area is 110 Å². The van der Waals surface area contributed by atoms with Crippen molar-refractivity contribution >= 4 is 5.97 Å². The molecule has 0 aliphatic carbocycles. The average Bonchev–Trinajstić information content (AvgIpc) is 2.94. The van der Waals surface area contributed by atoms with E-state index in [4.69, 9.17) is 9.84 Å². The molecular formula is C13H15N3O3. The number of aliphatic hydroxyl groups excluding tert-OH is 1. The number of carbonyl (C=O) groups excluding carboxylic acids is 1. The first kappa shape index (κ1) is 13.2. The maximum Gasteiger partial charge on any atom is 0.338 e. The SMILES string of the molecule is CCCOC(=O)c1ccc(-n2cc(CO)nn2)cc1. The normalized spacial score (nSPS) is 10.4. The van der Waals surface area contributed by atoms with E-state index in [1.807, 2.05) is 6.92 Å². The van der Waals surface area contributed by atoms with Crippen LogP contribution in [0.3, 0.4) is 0 Å². The fraction of sp³-hybridized carbons (Fsp3) is 0.308. The summed E-state index contributed by atoms with van der Waals surface area (Å²) in [5, 5.41) is 16.6. The zero-order valence-corrected chi connectivity index (χ0v) is 10.6. The van der Waals surface area contributed by atoms with Gasteiger partial charge in [0.15, 0.2) is 0 Å². The van der Waals surface area contributed by atoms with Gasteiger partial charge in [-0.25, -0.2) is 9.48 Å². The van der Waals surface area contributed by atoms with Crippen LogP contribution in [0, 0.1) is 0 Å². The van der Waals surface area contributed by atoms with Crippen LogP contribution in [0.1, 0.15) is 29.4 Å². The first-order valence-electron chi connectivity index (χ1n) is 6.04. The van der Waals surface area contributed by atoms with E-state index in [0.29, 0.717) is 17.9 Å². The highest BCUT2D eigenvalue weighted by Crippen LogP contribution is 2.10. The first-order chi connectivity index (χ1) is 9.24. The number of benzene rings is 1. The molecule has 0 saturated carbocycles. The Bertz CT molecular complexity index is 549. The van der Waals surface area contributed by atoms with Crippen molar-refractivity contribution < 1.29 is 14.6 Å². The minimum atomic E-state index is -0.331. The predicted molar refractivity (Wildman–Crippen MR) is 67.9 cm³/mol. The minimum Gasteiger partial charge on any atom is -0.462 e. The van der Waals surface area contributed by atoms with E-state index in [0.717, 1.165) is 12.1 Å². The summed E-state index contributed by atoms with van der Waals surface area (Å²) in [6.45, 7) is 2.21. The standard InChI is InChI=1S/C13H15N3O3/c1-2-7-19-13(18)10-3-5-12(6-4-10)16-8-11(9-17)14-15-16/h3-6,8,17H,2,7,9H2,1H3.